The second kappa shape index (κ2) is 24.3. The predicted octanol–water partition coefficient (Wildman–Crippen LogP) is -0.105. The highest BCUT2D eigenvalue weighted by molar-refractivity contribution is 5.88. The van der Waals surface area contributed by atoms with Gasteiger partial charge in [0.2, 0.25) is 18.3 Å². The van der Waals surface area contributed by atoms with Crippen LogP contribution in [0.3, 0.4) is 0 Å². The van der Waals surface area contributed by atoms with Crippen molar-refractivity contribution < 1.29 is 118 Å². The molecule has 77 heavy (non-hydrogen) atoms. The Kier molecular flexibility index (Phi) is 17.6. The molecule has 0 aromatic heterocycles. The van der Waals surface area contributed by atoms with E-state index in [9.17, 15) is 70.6 Å². The van der Waals surface area contributed by atoms with Gasteiger partial charge in [-0.05, 0) is 77.9 Å². The molecule has 1 aliphatic carbocycles. The predicted molar refractivity (Wildman–Crippen MR) is 259 cm³/mol. The molecule has 5 aliphatic rings. The summed E-state index contributed by atoms with van der Waals surface area (Å²) >= 11 is 0. The molecule has 412 valence electrons. The number of carbonyl (C=O) groups excluding carboxylic acids is 2. The minimum absolute atomic E-state index is 0.00567. The van der Waals surface area contributed by atoms with Gasteiger partial charge in [-0.25, -0.2) is 9.59 Å². The van der Waals surface area contributed by atoms with Crippen LogP contribution < -0.4 is 24.4 Å². The van der Waals surface area contributed by atoms with Crippen LogP contribution in [0, 0.1) is 0 Å². The monoisotopic (exact) mass is 1080 g/mol. The van der Waals surface area contributed by atoms with Crippen LogP contribution in [0.4, 0.5) is 0 Å². The first kappa shape index (κ1) is 55.9. The smallest absolute Gasteiger partial charge is 0.331 e. The lowest BCUT2D eigenvalue weighted by Gasteiger charge is -2.45. The summed E-state index contributed by atoms with van der Waals surface area (Å²) < 4.78 is 63.5. The first-order valence-electron chi connectivity index (χ1n) is 23.5. The van der Waals surface area contributed by atoms with E-state index in [1.54, 1.807) is 0 Å². The van der Waals surface area contributed by atoms with E-state index in [0.717, 1.165) is 24.3 Å². The summed E-state index contributed by atoms with van der Waals surface area (Å²) in [5, 5.41) is 117. The summed E-state index contributed by atoms with van der Waals surface area (Å²) in [4.78, 5) is 39.5. The highest BCUT2D eigenvalue weighted by atomic mass is 16.8. The van der Waals surface area contributed by atoms with Gasteiger partial charge >= 0.3 is 11.9 Å². The van der Waals surface area contributed by atoms with Crippen molar-refractivity contribution in [1.29, 1.82) is 0 Å². The fourth-order valence-electron chi connectivity index (χ4n) is 8.33. The molecule has 0 saturated carbocycles. The number of methoxy groups -OCH3 is 2. The molecule has 4 aliphatic heterocycles. The number of rotatable bonds is 17. The molecule has 14 atom stereocenters. The van der Waals surface area contributed by atoms with Crippen LogP contribution in [-0.2, 0) is 38.0 Å². The molecule has 8 rings (SSSR count). The number of esters is 2. The van der Waals surface area contributed by atoms with Crippen molar-refractivity contribution in [3.63, 3.8) is 0 Å². The van der Waals surface area contributed by atoms with Crippen LogP contribution in [0.2, 0.25) is 0 Å². The van der Waals surface area contributed by atoms with Crippen LogP contribution in [0.5, 0.6) is 40.2 Å². The van der Waals surface area contributed by atoms with Crippen molar-refractivity contribution in [2.75, 3.05) is 34.0 Å². The number of phenolic OH excluding ortho intramolecular Hbond substituents is 3. The lowest BCUT2D eigenvalue weighted by molar-refractivity contribution is -0.345. The zero-order chi connectivity index (χ0) is 55.2. The Labute approximate surface area is 436 Å². The number of phenols is 3. The Bertz CT molecular complexity index is 2900. The van der Waals surface area contributed by atoms with E-state index in [-0.39, 0.29) is 62.9 Å². The van der Waals surface area contributed by atoms with Crippen molar-refractivity contribution in [2.45, 2.75) is 86.0 Å². The molecular formula is C52H54O25. The van der Waals surface area contributed by atoms with E-state index >= 15 is 0 Å². The zero-order valence-electron chi connectivity index (χ0n) is 40.7. The van der Waals surface area contributed by atoms with E-state index < -0.39 is 123 Å². The standard InChI is InChI=1S/C52H54O25/c1-67-33-15-24(16-34(68-2)41(33)61)6-14-39(59)76-48-40(60)30(57)21-70-51(48)77-49-45(65)43(63)37(22-69-38(58)13-5-23-3-9-26(54)10-4-23)75-52(49)73-35-19-29-31(71-47(35)25-7-11-27(55)12-8-25)17-28(56)18-32(29)72-50-46(66)44(64)42(62)36(20-53)74-50/h3-19,30,36-37,40,42-46,48-55,57,60-66H,20-22H2,1-2H3/t30-,36-,37-,40+,42-,43-,44+,45+,46-,48-,49-,50-,51+,52-/m1/s1. The minimum atomic E-state index is -2.09. The van der Waals surface area contributed by atoms with Crippen LogP contribution in [0.15, 0.2) is 100 Å². The lowest BCUT2D eigenvalue weighted by Crippen LogP contribution is -2.64. The Morgan fingerprint density at radius 2 is 1.23 bits per heavy atom. The topological polar surface area (TPSA) is 379 Å². The van der Waals surface area contributed by atoms with Gasteiger partial charge in [-0.2, -0.15) is 0 Å². The molecule has 0 unspecified atom stereocenters. The molecule has 3 aromatic carbocycles. The third kappa shape index (κ3) is 12.7. The lowest BCUT2D eigenvalue weighted by atomic mass is 9.98. The number of fused-ring (bicyclic) bond motifs is 1. The summed E-state index contributed by atoms with van der Waals surface area (Å²) in [6.07, 6.45) is -21.1. The number of carbonyl (C=O) groups is 2. The van der Waals surface area contributed by atoms with Crippen LogP contribution >= 0.6 is 0 Å². The summed E-state index contributed by atoms with van der Waals surface area (Å²) in [6.45, 7) is -2.17. The number of aromatic hydroxyl groups is 3. The first-order valence-corrected chi connectivity index (χ1v) is 23.5. The van der Waals surface area contributed by atoms with Crippen LogP contribution in [0.25, 0.3) is 34.8 Å². The maximum atomic E-state index is 13.4. The normalized spacial score (nSPS) is 28.5. The van der Waals surface area contributed by atoms with Gasteiger partial charge in [0.1, 0.15) is 84.6 Å². The Balaban J connectivity index is 1.15. The number of hydrogen-bond donors (Lipinski definition) is 11. The second-order valence-electron chi connectivity index (χ2n) is 17.7. The second-order valence-corrected chi connectivity index (χ2v) is 17.7. The summed E-state index contributed by atoms with van der Waals surface area (Å²) in [5.41, 5.74) is 0.200. The molecule has 0 spiro atoms. The SMILES string of the molecule is COc1cc(C=CC(=O)O[C@H]2[C@H](O[C@H]3[C@H](Oc4cc5c(O[C@@H]6O[C@H](CO)[C@@H](O)[C@H](O)[C@H]6O)cc(=O)cc-5oc4-c4ccc(O)cc4)O[C@H](COC(=O)C=Cc4ccc(O)cc4)[C@@H](O)[C@@H]3O)OC[C@@H](O)[C@@H]2O)cc(OC)c1O. The average Bonchev–Trinajstić information content (AvgIpc) is 3.45. The van der Waals surface area contributed by atoms with Gasteiger partial charge in [0.15, 0.2) is 46.9 Å². The van der Waals surface area contributed by atoms with E-state index in [2.05, 4.69) is 0 Å². The number of hydrogen-bond acceptors (Lipinski definition) is 25. The van der Waals surface area contributed by atoms with Gasteiger partial charge < -0.3 is 108 Å². The Morgan fingerprint density at radius 3 is 1.90 bits per heavy atom. The van der Waals surface area contributed by atoms with Crippen molar-refractivity contribution in [3.8, 4) is 62.9 Å². The number of aliphatic hydroxyl groups excluding tert-OH is 8. The minimum Gasteiger partial charge on any atom is -0.508 e. The fraction of sp³-hybridized carbons (Fsp3) is 0.365. The molecule has 4 heterocycles. The summed E-state index contributed by atoms with van der Waals surface area (Å²) in [6, 6.07) is 17.2. The quantitative estimate of drug-likeness (QED) is 0.0428. The van der Waals surface area contributed by atoms with Crippen molar-refractivity contribution in [1.82, 2.24) is 0 Å². The molecule has 0 amide bonds. The van der Waals surface area contributed by atoms with E-state index in [4.69, 9.17) is 51.8 Å². The molecule has 11 N–H and O–H groups in total. The van der Waals surface area contributed by atoms with Gasteiger partial charge in [-0.3, -0.25) is 4.79 Å². The average molecular weight is 1080 g/mol. The van der Waals surface area contributed by atoms with Crippen molar-refractivity contribution >= 4 is 24.1 Å². The molecule has 0 bridgehead atoms. The molecule has 3 fully saturated rings. The molecule has 3 aromatic rings. The highest BCUT2D eigenvalue weighted by Gasteiger charge is 2.52. The highest BCUT2D eigenvalue weighted by Crippen LogP contribution is 2.44. The van der Waals surface area contributed by atoms with Crippen molar-refractivity contribution in [2.24, 2.45) is 0 Å². The molecule has 3 saturated heterocycles. The maximum Gasteiger partial charge on any atom is 0.331 e. The molecule has 25 nitrogen and oxygen atoms in total. The van der Waals surface area contributed by atoms with Gasteiger partial charge in [0, 0.05) is 29.8 Å². The fourth-order valence-corrected chi connectivity index (χ4v) is 8.33. The van der Waals surface area contributed by atoms with E-state index in [1.165, 1.54) is 93.1 Å². The zero-order valence-corrected chi connectivity index (χ0v) is 40.7. The van der Waals surface area contributed by atoms with Gasteiger partial charge in [-0.1, -0.05) is 12.1 Å². The van der Waals surface area contributed by atoms with Crippen LogP contribution in [0.1, 0.15) is 11.1 Å². The third-order valence-corrected chi connectivity index (χ3v) is 12.5. The summed E-state index contributed by atoms with van der Waals surface area (Å²) in [7, 11) is 2.59. The van der Waals surface area contributed by atoms with Crippen LogP contribution in [-0.4, -0.2) is 188 Å². The Morgan fingerprint density at radius 1 is 0.623 bits per heavy atom. The number of benzene rings is 4. The Hall–Kier alpha value is -7.37. The van der Waals surface area contributed by atoms with Gasteiger partial charge in [0.05, 0.1) is 33.0 Å². The number of ether oxygens (including phenoxy) is 10. The largest absolute Gasteiger partial charge is 0.508 e. The van der Waals surface area contributed by atoms with Gasteiger partial charge in [0.25, 0.3) is 0 Å². The van der Waals surface area contributed by atoms with Gasteiger partial charge in [-0.15, -0.1) is 0 Å². The van der Waals surface area contributed by atoms with Crippen molar-refractivity contribution in [3.05, 3.63) is 112 Å². The number of aliphatic hydroxyl groups is 8. The molecular weight excluding hydrogens is 1020 g/mol. The molecule has 0 radical (unpaired) electrons. The summed E-state index contributed by atoms with van der Waals surface area (Å²) in [5.74, 6) is -3.60. The van der Waals surface area contributed by atoms with E-state index in [1.807, 2.05) is 0 Å². The molecule has 25 heteroatoms. The van der Waals surface area contributed by atoms with E-state index in [0.29, 0.717) is 11.1 Å². The maximum absolute atomic E-state index is 13.4. The first-order chi connectivity index (χ1) is 36.8. The third-order valence-electron chi connectivity index (χ3n) is 12.5.